The second-order valence-corrected chi connectivity index (χ2v) is 9.17. The van der Waals surface area contributed by atoms with E-state index in [2.05, 4.69) is 14.8 Å². The van der Waals surface area contributed by atoms with Crippen LogP contribution in [0.4, 0.5) is 5.69 Å². The number of hydrogen-bond donors (Lipinski definition) is 2. The molecule has 0 saturated carbocycles. The van der Waals surface area contributed by atoms with Gasteiger partial charge in [0.15, 0.2) is 9.84 Å². The van der Waals surface area contributed by atoms with Crippen LogP contribution in [-0.4, -0.2) is 54.0 Å². The van der Waals surface area contributed by atoms with E-state index < -0.39 is 25.9 Å². The van der Waals surface area contributed by atoms with Gasteiger partial charge in [-0.3, -0.25) is 4.79 Å². The first-order valence-corrected chi connectivity index (χ1v) is 10.1. The monoisotopic (exact) mass is 362 g/mol. The van der Waals surface area contributed by atoms with Crippen molar-refractivity contribution in [3.05, 3.63) is 24.3 Å². The van der Waals surface area contributed by atoms with Crippen molar-refractivity contribution in [1.82, 2.24) is 4.72 Å². The van der Waals surface area contributed by atoms with Gasteiger partial charge in [0, 0.05) is 18.8 Å². The molecule has 1 atom stereocenters. The molecule has 2 N–H and O–H groups in total. The van der Waals surface area contributed by atoms with Crippen LogP contribution in [0.15, 0.2) is 29.2 Å². The minimum absolute atomic E-state index is 0.00605. The maximum Gasteiger partial charge on any atom is 0.250 e. The van der Waals surface area contributed by atoms with Gasteiger partial charge in [0.25, 0.3) is 0 Å². The first-order valence-electron chi connectivity index (χ1n) is 6.83. The quantitative estimate of drug-likeness (QED) is 0.719. The summed E-state index contributed by atoms with van der Waals surface area (Å²) in [5.74, 6) is -0.542. The predicted octanol–water partition coefficient (Wildman–Crippen LogP) is -0.263. The molecule has 1 unspecified atom stereocenters. The smallest absolute Gasteiger partial charge is 0.250 e. The number of rotatable bonds is 6. The number of carbonyl (C=O) groups excluding carboxylic acids is 1. The summed E-state index contributed by atoms with van der Waals surface area (Å²) in [6.07, 6.45) is 0.271. The molecule has 0 spiro atoms. The highest BCUT2D eigenvalue weighted by Crippen LogP contribution is 2.17. The van der Waals surface area contributed by atoms with E-state index >= 15 is 0 Å². The summed E-state index contributed by atoms with van der Waals surface area (Å²) in [7, 11) is -5.57. The van der Waals surface area contributed by atoms with Gasteiger partial charge in [-0.2, -0.15) is 0 Å². The third-order valence-electron chi connectivity index (χ3n) is 3.28. The van der Waals surface area contributed by atoms with Crippen molar-refractivity contribution in [3.8, 4) is 0 Å². The molecule has 1 aromatic carbocycles. The Morgan fingerprint density at radius 3 is 2.48 bits per heavy atom. The Morgan fingerprint density at radius 1 is 1.30 bits per heavy atom. The number of nitrogens with one attached hydrogen (secondary N) is 2. The third-order valence-corrected chi connectivity index (χ3v) is 6.58. The van der Waals surface area contributed by atoms with E-state index in [4.69, 9.17) is 0 Å². The summed E-state index contributed by atoms with van der Waals surface area (Å²) in [4.78, 5) is 11.4. The first kappa shape index (κ1) is 17.9. The van der Waals surface area contributed by atoms with E-state index in [-0.39, 0.29) is 35.3 Å². The summed E-state index contributed by atoms with van der Waals surface area (Å²) in [6, 6.07) is 4.98. The number of anilines is 1. The average Bonchev–Trinajstić information content (AvgIpc) is 2.78. The van der Waals surface area contributed by atoms with Crippen LogP contribution in [0.3, 0.4) is 0 Å². The van der Waals surface area contributed by atoms with E-state index in [0.717, 1.165) is 0 Å². The van der Waals surface area contributed by atoms with Gasteiger partial charge < -0.3 is 10.1 Å². The van der Waals surface area contributed by atoms with Crippen LogP contribution < -0.4 is 10.0 Å². The Hall–Kier alpha value is -1.49. The highest BCUT2D eigenvalue weighted by Gasteiger charge is 2.31. The van der Waals surface area contributed by atoms with Crippen LogP contribution in [0.25, 0.3) is 0 Å². The Balaban J connectivity index is 2.04. The van der Waals surface area contributed by atoms with Crippen molar-refractivity contribution >= 4 is 31.5 Å². The van der Waals surface area contributed by atoms with E-state index in [9.17, 15) is 21.6 Å². The normalized spacial score (nSPS) is 20.3. The number of sulfonamides is 1. The minimum Gasteiger partial charge on any atom is -0.375 e. The highest BCUT2D eigenvalue weighted by atomic mass is 32.2. The molecule has 1 saturated heterocycles. The maximum absolute atomic E-state index is 12.2. The predicted molar refractivity (Wildman–Crippen MR) is 84.3 cm³/mol. The van der Waals surface area contributed by atoms with Crippen LogP contribution in [0, 0.1) is 0 Å². The standard InChI is InChI=1S/C13H18N2O6S2/c1-21-8-13(16)14-10-2-4-12(5-3-10)23(19,20)15-11-6-7-22(17,18)9-11/h2-5,11,15H,6-9H2,1H3,(H,14,16). The molecule has 0 aromatic heterocycles. The van der Waals surface area contributed by atoms with Crippen LogP contribution >= 0.6 is 0 Å². The van der Waals surface area contributed by atoms with Crippen LogP contribution in [0.2, 0.25) is 0 Å². The van der Waals surface area contributed by atoms with Crippen molar-refractivity contribution in [3.63, 3.8) is 0 Å². The fraction of sp³-hybridized carbons (Fsp3) is 0.462. The largest absolute Gasteiger partial charge is 0.375 e. The zero-order valence-electron chi connectivity index (χ0n) is 12.5. The molecule has 0 radical (unpaired) electrons. The van der Waals surface area contributed by atoms with E-state index in [0.29, 0.717) is 5.69 Å². The minimum atomic E-state index is -3.80. The second-order valence-electron chi connectivity index (χ2n) is 5.23. The topological polar surface area (TPSA) is 119 Å². The molecular formula is C13H18N2O6S2. The number of sulfone groups is 1. The second kappa shape index (κ2) is 6.95. The van der Waals surface area contributed by atoms with Gasteiger partial charge in [-0.25, -0.2) is 21.6 Å². The molecule has 23 heavy (non-hydrogen) atoms. The molecule has 2 rings (SSSR count). The van der Waals surface area contributed by atoms with Gasteiger partial charge in [0.2, 0.25) is 15.9 Å². The molecule has 0 aliphatic carbocycles. The number of amides is 1. The molecule has 128 valence electrons. The summed E-state index contributed by atoms with van der Waals surface area (Å²) >= 11 is 0. The molecule has 8 nitrogen and oxygen atoms in total. The van der Waals surface area contributed by atoms with Crippen molar-refractivity contribution in [2.75, 3.05) is 30.5 Å². The number of carbonyl (C=O) groups is 1. The molecule has 1 amide bonds. The number of methoxy groups -OCH3 is 1. The lowest BCUT2D eigenvalue weighted by molar-refractivity contribution is -0.119. The Morgan fingerprint density at radius 2 is 1.96 bits per heavy atom. The van der Waals surface area contributed by atoms with E-state index in [1.807, 2.05) is 0 Å². The summed E-state index contributed by atoms with van der Waals surface area (Å²) in [5, 5.41) is 2.55. The maximum atomic E-state index is 12.2. The SMILES string of the molecule is COCC(=O)Nc1ccc(S(=O)(=O)NC2CCS(=O)(=O)C2)cc1. The zero-order valence-corrected chi connectivity index (χ0v) is 14.1. The molecule has 1 aliphatic heterocycles. The third kappa shape index (κ3) is 4.99. The Labute approximate surface area is 135 Å². The number of benzene rings is 1. The Bertz CT molecular complexity index is 771. The van der Waals surface area contributed by atoms with Gasteiger partial charge in [-0.05, 0) is 30.7 Å². The van der Waals surface area contributed by atoms with Gasteiger partial charge in [-0.1, -0.05) is 0 Å². The van der Waals surface area contributed by atoms with Gasteiger partial charge in [-0.15, -0.1) is 0 Å². The van der Waals surface area contributed by atoms with Gasteiger partial charge in [0.05, 0.1) is 16.4 Å². The first-order chi connectivity index (χ1) is 10.7. The summed E-state index contributed by atoms with van der Waals surface area (Å²) < 4.78 is 54.3. The number of hydrogen-bond acceptors (Lipinski definition) is 6. The molecule has 1 aromatic rings. The van der Waals surface area contributed by atoms with Crippen LogP contribution in [0.1, 0.15) is 6.42 Å². The fourth-order valence-electron chi connectivity index (χ4n) is 2.22. The molecule has 1 aliphatic rings. The fourth-order valence-corrected chi connectivity index (χ4v) is 5.27. The van der Waals surface area contributed by atoms with Crippen molar-refractivity contribution in [2.45, 2.75) is 17.4 Å². The molecule has 1 fully saturated rings. The zero-order chi connectivity index (χ0) is 17.1. The van der Waals surface area contributed by atoms with Crippen LogP contribution in [0.5, 0.6) is 0 Å². The van der Waals surface area contributed by atoms with Crippen molar-refractivity contribution in [2.24, 2.45) is 0 Å². The van der Waals surface area contributed by atoms with Crippen LogP contribution in [-0.2, 0) is 29.4 Å². The number of ether oxygens (including phenoxy) is 1. The highest BCUT2D eigenvalue weighted by molar-refractivity contribution is 7.92. The molecule has 1 heterocycles. The Kier molecular flexibility index (Phi) is 5.40. The molecule has 10 heteroatoms. The lowest BCUT2D eigenvalue weighted by Crippen LogP contribution is -2.35. The van der Waals surface area contributed by atoms with Crippen molar-refractivity contribution in [1.29, 1.82) is 0 Å². The van der Waals surface area contributed by atoms with E-state index in [1.54, 1.807) is 0 Å². The summed E-state index contributed by atoms with van der Waals surface area (Å²) in [6.45, 7) is -0.0994. The molecule has 0 bridgehead atoms. The summed E-state index contributed by atoms with van der Waals surface area (Å²) in [5.41, 5.74) is 0.439. The molecular weight excluding hydrogens is 344 g/mol. The van der Waals surface area contributed by atoms with Gasteiger partial charge in [0.1, 0.15) is 6.61 Å². The van der Waals surface area contributed by atoms with E-state index in [1.165, 1.54) is 31.4 Å². The average molecular weight is 362 g/mol. The lowest BCUT2D eigenvalue weighted by atomic mass is 10.3. The van der Waals surface area contributed by atoms with Crippen molar-refractivity contribution < 1.29 is 26.4 Å². The lowest BCUT2D eigenvalue weighted by Gasteiger charge is -2.12. The van der Waals surface area contributed by atoms with Gasteiger partial charge >= 0.3 is 0 Å².